The molecule has 362 valence electrons. The topological polar surface area (TPSA) is 117 Å². The zero-order chi connectivity index (χ0) is 48.2. The van der Waals surface area contributed by atoms with Gasteiger partial charge in [0.2, 0.25) is 11.6 Å². The van der Waals surface area contributed by atoms with Gasteiger partial charge in [-0.2, -0.15) is 13.0 Å². The van der Waals surface area contributed by atoms with Crippen molar-refractivity contribution < 1.29 is 36.6 Å². The second-order valence-corrected chi connectivity index (χ2v) is 21.8. The van der Waals surface area contributed by atoms with Crippen LogP contribution in [0.15, 0.2) is 125 Å². The molecule has 1 aliphatic carbocycles. The van der Waals surface area contributed by atoms with Crippen LogP contribution in [0.5, 0.6) is 5.75 Å². The summed E-state index contributed by atoms with van der Waals surface area (Å²) in [5, 5.41) is 2.97. The summed E-state index contributed by atoms with van der Waals surface area (Å²) in [6.45, 7) is 21.8. The molecule has 3 aliphatic rings. The minimum absolute atomic E-state index is 0.00778. The van der Waals surface area contributed by atoms with Gasteiger partial charge in [-0.3, -0.25) is 9.35 Å². The molecule has 10 nitrogen and oxygen atoms in total. The molecule has 0 radical (unpaired) electrons. The van der Waals surface area contributed by atoms with Crippen LogP contribution in [-0.2, 0) is 35.2 Å². The number of anilines is 1. The number of nitrogens with one attached hydrogen (secondary N) is 1. The smallest absolute Gasteiger partial charge is 0.294 e. The summed E-state index contributed by atoms with van der Waals surface area (Å²) in [5.41, 5.74) is 8.30. The average molecular weight is 935 g/mol. The molecule has 0 saturated heterocycles. The summed E-state index contributed by atoms with van der Waals surface area (Å²) < 4.78 is 55.5. The number of benzene rings is 3. The molecule has 0 bridgehead atoms. The number of ether oxygens (including phenoxy) is 3. The Morgan fingerprint density at radius 1 is 0.836 bits per heavy atom. The second kappa shape index (κ2) is 23.0. The highest BCUT2D eigenvalue weighted by Gasteiger charge is 2.44. The van der Waals surface area contributed by atoms with E-state index in [4.69, 9.17) is 14.2 Å². The molecular formula is C56H76N3O7S+. The predicted molar refractivity (Wildman–Crippen MR) is 271 cm³/mol. The first-order valence-electron chi connectivity index (χ1n) is 24.5. The van der Waals surface area contributed by atoms with E-state index in [1.54, 1.807) is 12.1 Å². The third-order valence-corrected chi connectivity index (χ3v) is 13.9. The van der Waals surface area contributed by atoms with Gasteiger partial charge in [-0.25, -0.2) is 0 Å². The minimum Gasteiger partial charge on any atom is -0.457 e. The highest BCUT2D eigenvalue weighted by molar-refractivity contribution is 7.85. The molecule has 11 heteroatoms. The standard InChI is InChI=1S/C56H75N3O7S/c1-9-10-18-35-58-48-26-17-16-25-46(48)55(5,6)50(58)32-28-42-21-20-22-43(53(42)66-44-23-13-11-14-24-44)29-33-51-56(7,8)47-40-45(67(61,62)63)30-31-49(47)59(51)36-19-12-15-27-52(60)57-34-37-64-38-39-65-41-54(2,3)4/h11,13-14,16-17,23-26,28-33,40H,9-10,12,15,18-22,27,34-39,41H2,1-8H3,(H-,57,60,61,62,63)/p+1. The van der Waals surface area contributed by atoms with E-state index < -0.39 is 15.5 Å². The monoisotopic (exact) mass is 935 g/mol. The van der Waals surface area contributed by atoms with Gasteiger partial charge in [0.05, 0.1) is 36.7 Å². The third kappa shape index (κ3) is 13.5. The van der Waals surface area contributed by atoms with Crippen molar-refractivity contribution in [3.05, 3.63) is 131 Å². The summed E-state index contributed by atoms with van der Waals surface area (Å²) in [6, 6.07) is 23.7. The van der Waals surface area contributed by atoms with Crippen LogP contribution >= 0.6 is 0 Å². The van der Waals surface area contributed by atoms with Gasteiger partial charge < -0.3 is 24.4 Å². The first kappa shape index (κ1) is 51.6. The molecule has 0 saturated carbocycles. The number of rotatable bonds is 23. The molecular weight excluding hydrogens is 859 g/mol. The van der Waals surface area contributed by atoms with Crippen molar-refractivity contribution in [2.24, 2.45) is 5.41 Å². The normalized spacial score (nSPS) is 18.1. The van der Waals surface area contributed by atoms with Crippen molar-refractivity contribution in [2.45, 2.75) is 135 Å². The van der Waals surface area contributed by atoms with Gasteiger partial charge in [-0.05, 0) is 117 Å². The molecule has 1 amide bonds. The molecule has 0 unspecified atom stereocenters. The number of unbranched alkanes of at least 4 members (excludes halogenated alkanes) is 4. The minimum atomic E-state index is -4.41. The highest BCUT2D eigenvalue weighted by Crippen LogP contribution is 2.49. The van der Waals surface area contributed by atoms with E-state index in [9.17, 15) is 17.8 Å². The Morgan fingerprint density at radius 3 is 2.33 bits per heavy atom. The predicted octanol–water partition coefficient (Wildman–Crippen LogP) is 11.9. The van der Waals surface area contributed by atoms with E-state index in [0.717, 1.165) is 91.1 Å². The van der Waals surface area contributed by atoms with Gasteiger partial charge in [0.1, 0.15) is 18.1 Å². The maximum absolute atomic E-state index is 12.7. The van der Waals surface area contributed by atoms with Crippen LogP contribution in [0.2, 0.25) is 0 Å². The fraction of sp³-hybridized carbons (Fsp3) is 0.500. The van der Waals surface area contributed by atoms with Crippen molar-refractivity contribution >= 4 is 33.1 Å². The number of carbonyl (C=O) groups is 1. The zero-order valence-corrected chi connectivity index (χ0v) is 42.3. The molecule has 6 rings (SSSR count). The summed E-state index contributed by atoms with van der Waals surface area (Å²) in [7, 11) is -4.41. The van der Waals surface area contributed by atoms with Crippen LogP contribution in [0.3, 0.4) is 0 Å². The molecule has 0 atom stereocenters. The average Bonchev–Trinajstić information content (AvgIpc) is 3.63. The largest absolute Gasteiger partial charge is 0.457 e. The van der Waals surface area contributed by atoms with E-state index in [1.165, 1.54) is 35.9 Å². The Kier molecular flexibility index (Phi) is 17.7. The van der Waals surface area contributed by atoms with Crippen LogP contribution < -0.4 is 15.0 Å². The van der Waals surface area contributed by atoms with Crippen molar-refractivity contribution in [2.75, 3.05) is 51.0 Å². The molecule has 0 fully saturated rings. The quantitative estimate of drug-likeness (QED) is 0.0548. The number of allylic oxidation sites excluding steroid dienone is 7. The van der Waals surface area contributed by atoms with Crippen LogP contribution in [0.1, 0.15) is 131 Å². The van der Waals surface area contributed by atoms with Gasteiger partial charge in [-0.15, -0.1) is 0 Å². The van der Waals surface area contributed by atoms with Crippen molar-refractivity contribution in [1.29, 1.82) is 0 Å². The molecule has 3 aromatic carbocycles. The molecule has 67 heavy (non-hydrogen) atoms. The first-order chi connectivity index (χ1) is 31.9. The van der Waals surface area contributed by atoms with Gasteiger partial charge >= 0.3 is 0 Å². The molecule has 0 spiro atoms. The fourth-order valence-electron chi connectivity index (χ4n) is 9.46. The van der Waals surface area contributed by atoms with E-state index in [1.807, 2.05) is 30.3 Å². The number of hydrogen-bond acceptors (Lipinski definition) is 7. The Bertz CT molecular complexity index is 2460. The van der Waals surface area contributed by atoms with Crippen molar-refractivity contribution in [3.8, 4) is 5.75 Å². The van der Waals surface area contributed by atoms with E-state index >= 15 is 0 Å². The fourth-order valence-corrected chi connectivity index (χ4v) is 9.96. The molecule has 2 aliphatic heterocycles. The number of para-hydroxylation sites is 2. The summed E-state index contributed by atoms with van der Waals surface area (Å²) in [6.07, 6.45) is 18.0. The number of hydrogen-bond donors (Lipinski definition) is 2. The van der Waals surface area contributed by atoms with Crippen LogP contribution in [-0.4, -0.2) is 75.2 Å². The Morgan fingerprint density at radius 2 is 1.58 bits per heavy atom. The number of amides is 1. The van der Waals surface area contributed by atoms with Gasteiger partial charge in [0.25, 0.3) is 10.1 Å². The first-order valence-corrected chi connectivity index (χ1v) is 26.0. The van der Waals surface area contributed by atoms with E-state index in [0.29, 0.717) is 45.9 Å². The van der Waals surface area contributed by atoms with E-state index in [2.05, 4.69) is 119 Å². The SMILES string of the molecule is CCCCC[N+]1=C(/C=C/C2=C(Oc3ccccc3)C(=C/C=C3/N(CCCCCC(=O)NCCOCCOCC(C)(C)C)c4ccc(S(=O)(=O)O)cc4C3(C)C)/CCC2)C(C)(C)c2ccccc21. The third-order valence-electron chi connectivity index (χ3n) is 13.0. The number of fused-ring (bicyclic) bond motifs is 2. The Hall–Kier alpha value is -4.81. The van der Waals surface area contributed by atoms with Crippen LogP contribution in [0.4, 0.5) is 11.4 Å². The van der Waals surface area contributed by atoms with Gasteiger partial charge in [-0.1, -0.05) is 96.9 Å². The van der Waals surface area contributed by atoms with Crippen LogP contribution in [0, 0.1) is 5.41 Å². The Balaban J connectivity index is 1.23. The lowest BCUT2D eigenvalue weighted by Crippen LogP contribution is -2.28. The van der Waals surface area contributed by atoms with E-state index in [-0.39, 0.29) is 21.6 Å². The second-order valence-electron chi connectivity index (χ2n) is 20.4. The molecule has 3 aromatic rings. The van der Waals surface area contributed by atoms with Crippen LogP contribution in [0.25, 0.3) is 0 Å². The summed E-state index contributed by atoms with van der Waals surface area (Å²) >= 11 is 0. The highest BCUT2D eigenvalue weighted by atomic mass is 32.2. The molecule has 0 aromatic heterocycles. The molecule has 2 N–H and O–H groups in total. The zero-order valence-electron chi connectivity index (χ0n) is 41.5. The van der Waals surface area contributed by atoms with Gasteiger partial charge in [0.15, 0.2) is 5.71 Å². The lowest BCUT2D eigenvalue weighted by molar-refractivity contribution is -0.438. The summed E-state index contributed by atoms with van der Waals surface area (Å²) in [5.74, 6) is 1.65. The maximum Gasteiger partial charge on any atom is 0.294 e. The number of carbonyl (C=O) groups excluding carboxylic acids is 1. The molecule has 2 heterocycles. The maximum atomic E-state index is 12.7. The lowest BCUT2D eigenvalue weighted by atomic mass is 9.81. The van der Waals surface area contributed by atoms with Crippen molar-refractivity contribution in [3.63, 3.8) is 0 Å². The van der Waals surface area contributed by atoms with Crippen molar-refractivity contribution in [1.82, 2.24) is 5.32 Å². The number of nitrogens with zero attached hydrogens (tertiary/aromatic N) is 2. The Labute approximate surface area is 401 Å². The lowest BCUT2D eigenvalue weighted by Gasteiger charge is -2.27. The summed E-state index contributed by atoms with van der Waals surface area (Å²) in [4.78, 5) is 14.8. The van der Waals surface area contributed by atoms with Gasteiger partial charge in [0, 0.05) is 60.4 Å².